The molecule has 1 aromatic rings. The monoisotopic (exact) mass is 249 g/mol. The van der Waals surface area contributed by atoms with Gasteiger partial charge in [-0.25, -0.2) is 4.79 Å². The first-order valence-corrected chi connectivity index (χ1v) is 6.17. The fourth-order valence-electron chi connectivity index (χ4n) is 2.68. The molecule has 0 aromatic heterocycles. The van der Waals surface area contributed by atoms with Crippen molar-refractivity contribution in [3.05, 3.63) is 29.8 Å². The molecule has 0 aliphatic heterocycles. The molecule has 2 N–H and O–H groups in total. The Labute approximate surface area is 107 Å². The molecule has 0 unspecified atom stereocenters. The first-order valence-electron chi connectivity index (χ1n) is 6.17. The van der Waals surface area contributed by atoms with Crippen molar-refractivity contribution in [3.63, 3.8) is 0 Å². The topological polar surface area (TPSA) is 58.6 Å². The average Bonchev–Trinajstić information content (AvgIpc) is 2.72. The lowest BCUT2D eigenvalue weighted by Crippen LogP contribution is -2.43. The Bertz CT molecular complexity index is 429. The van der Waals surface area contributed by atoms with Crippen molar-refractivity contribution in [2.24, 2.45) is 0 Å². The summed E-state index contributed by atoms with van der Waals surface area (Å²) in [7, 11) is 1.38. The van der Waals surface area contributed by atoms with Gasteiger partial charge < -0.3 is 15.2 Å². The molecule has 4 nitrogen and oxygen atoms in total. The number of amides is 1. The number of ether oxygens (including phenoxy) is 1. The lowest BCUT2D eigenvalue weighted by Gasteiger charge is -2.25. The second-order valence-electron chi connectivity index (χ2n) is 5.21. The first-order chi connectivity index (χ1) is 8.52. The Hall–Kier alpha value is -1.71. The second-order valence-corrected chi connectivity index (χ2v) is 5.21. The molecule has 0 spiro atoms. The Morgan fingerprint density at radius 1 is 1.44 bits per heavy atom. The fourth-order valence-corrected chi connectivity index (χ4v) is 2.68. The zero-order valence-electron chi connectivity index (χ0n) is 10.8. The number of rotatable bonds is 2. The van der Waals surface area contributed by atoms with E-state index in [9.17, 15) is 9.90 Å². The van der Waals surface area contributed by atoms with Crippen LogP contribution >= 0.6 is 0 Å². The summed E-state index contributed by atoms with van der Waals surface area (Å²) < 4.78 is 4.65. The largest absolute Gasteiger partial charge is 0.508 e. The molecule has 0 heterocycles. The van der Waals surface area contributed by atoms with Gasteiger partial charge >= 0.3 is 6.09 Å². The summed E-state index contributed by atoms with van der Waals surface area (Å²) in [5.41, 5.74) is 1.01. The quantitative estimate of drug-likeness (QED) is 0.847. The van der Waals surface area contributed by atoms with Gasteiger partial charge in [0.15, 0.2) is 0 Å². The van der Waals surface area contributed by atoms with Crippen molar-refractivity contribution in [1.82, 2.24) is 5.32 Å². The summed E-state index contributed by atoms with van der Waals surface area (Å²) in [6.07, 6.45) is 2.50. The number of nitrogens with one attached hydrogen (secondary N) is 1. The number of methoxy groups -OCH3 is 1. The molecule has 2 rings (SSSR count). The van der Waals surface area contributed by atoms with E-state index >= 15 is 0 Å². The molecule has 1 aliphatic carbocycles. The van der Waals surface area contributed by atoms with Crippen molar-refractivity contribution >= 4 is 6.09 Å². The minimum Gasteiger partial charge on any atom is -0.508 e. The number of phenols is 1. The van der Waals surface area contributed by atoms with Gasteiger partial charge in [0.25, 0.3) is 0 Å². The number of carbonyl (C=O) groups excluding carboxylic acids is 1. The molecule has 1 amide bonds. The average molecular weight is 249 g/mol. The number of hydrogen-bond acceptors (Lipinski definition) is 3. The van der Waals surface area contributed by atoms with Gasteiger partial charge in [-0.15, -0.1) is 0 Å². The number of carbonyl (C=O) groups is 1. The molecule has 98 valence electrons. The summed E-state index contributed by atoms with van der Waals surface area (Å²) >= 11 is 0. The van der Waals surface area contributed by atoms with Crippen LogP contribution in [0.2, 0.25) is 0 Å². The van der Waals surface area contributed by atoms with Gasteiger partial charge in [0.1, 0.15) is 5.75 Å². The van der Waals surface area contributed by atoms with Crippen molar-refractivity contribution in [2.45, 2.75) is 37.6 Å². The zero-order chi connectivity index (χ0) is 13.2. The standard InChI is InChI=1S/C14H19NO3/c1-14(15-13(17)18-2)8-7-11(9-14)10-3-5-12(16)6-4-10/h3-6,11,16H,7-9H2,1-2H3,(H,15,17)/t11-,14-/m1/s1. The molecule has 2 atom stereocenters. The lowest BCUT2D eigenvalue weighted by molar-refractivity contribution is 0.157. The lowest BCUT2D eigenvalue weighted by atomic mass is 9.94. The van der Waals surface area contributed by atoms with Crippen LogP contribution < -0.4 is 5.32 Å². The van der Waals surface area contributed by atoms with Crippen molar-refractivity contribution in [2.75, 3.05) is 7.11 Å². The summed E-state index contributed by atoms with van der Waals surface area (Å²) in [4.78, 5) is 11.3. The first kappa shape index (κ1) is 12.7. The van der Waals surface area contributed by atoms with Crippen LogP contribution in [0.5, 0.6) is 5.75 Å². The predicted octanol–water partition coefficient (Wildman–Crippen LogP) is 2.77. The van der Waals surface area contributed by atoms with Gasteiger partial charge in [0.2, 0.25) is 0 Å². The minimum absolute atomic E-state index is 0.199. The number of phenolic OH excluding ortho intramolecular Hbond substituents is 1. The molecule has 1 aromatic carbocycles. The summed E-state index contributed by atoms with van der Waals surface area (Å²) in [6, 6.07) is 7.31. The molecule has 1 aliphatic rings. The van der Waals surface area contributed by atoms with Gasteiger partial charge in [-0.05, 0) is 49.8 Å². The molecule has 1 fully saturated rings. The van der Waals surface area contributed by atoms with E-state index < -0.39 is 0 Å². The molecule has 1 saturated carbocycles. The summed E-state index contributed by atoms with van der Waals surface area (Å²) in [6.45, 7) is 2.05. The summed E-state index contributed by atoms with van der Waals surface area (Å²) in [5.74, 6) is 0.708. The maximum atomic E-state index is 11.3. The third-order valence-corrected chi connectivity index (χ3v) is 3.70. The highest BCUT2D eigenvalue weighted by Crippen LogP contribution is 2.41. The zero-order valence-corrected chi connectivity index (χ0v) is 10.8. The number of alkyl carbamates (subject to hydrolysis) is 1. The van der Waals surface area contributed by atoms with E-state index in [1.54, 1.807) is 12.1 Å². The van der Waals surface area contributed by atoms with Gasteiger partial charge in [-0.1, -0.05) is 12.1 Å². The predicted molar refractivity (Wildman–Crippen MR) is 68.6 cm³/mol. The van der Waals surface area contributed by atoms with Crippen LogP contribution in [0, 0.1) is 0 Å². The Balaban J connectivity index is 2.03. The number of benzene rings is 1. The third kappa shape index (κ3) is 2.75. The van der Waals surface area contributed by atoms with E-state index in [4.69, 9.17) is 0 Å². The maximum Gasteiger partial charge on any atom is 0.407 e. The van der Waals surface area contributed by atoms with Crippen LogP contribution in [-0.2, 0) is 4.74 Å². The highest BCUT2D eigenvalue weighted by atomic mass is 16.5. The van der Waals surface area contributed by atoms with Crippen LogP contribution in [-0.4, -0.2) is 23.8 Å². The molecule has 0 radical (unpaired) electrons. The number of hydrogen-bond donors (Lipinski definition) is 2. The smallest absolute Gasteiger partial charge is 0.407 e. The van der Waals surface area contributed by atoms with Gasteiger partial charge in [0.05, 0.1) is 7.11 Å². The normalized spacial score (nSPS) is 26.9. The van der Waals surface area contributed by atoms with Gasteiger partial charge in [-0.2, -0.15) is 0 Å². The van der Waals surface area contributed by atoms with Crippen molar-refractivity contribution < 1.29 is 14.6 Å². The van der Waals surface area contributed by atoms with Crippen molar-refractivity contribution in [3.8, 4) is 5.75 Å². The highest BCUT2D eigenvalue weighted by molar-refractivity contribution is 5.68. The van der Waals surface area contributed by atoms with Crippen LogP contribution in [0.15, 0.2) is 24.3 Å². The molecule has 4 heteroatoms. The van der Waals surface area contributed by atoms with E-state index in [2.05, 4.69) is 10.1 Å². The molecule has 0 saturated heterocycles. The van der Waals surface area contributed by atoms with Crippen LogP contribution in [0.25, 0.3) is 0 Å². The minimum atomic E-state index is -0.371. The summed E-state index contributed by atoms with van der Waals surface area (Å²) in [5, 5.41) is 12.2. The molecular weight excluding hydrogens is 230 g/mol. The molecule has 0 bridgehead atoms. The Kier molecular flexibility index (Phi) is 3.45. The number of aromatic hydroxyl groups is 1. The van der Waals surface area contributed by atoms with E-state index in [-0.39, 0.29) is 17.4 Å². The van der Waals surface area contributed by atoms with Gasteiger partial charge in [-0.3, -0.25) is 0 Å². The highest BCUT2D eigenvalue weighted by Gasteiger charge is 2.37. The fraction of sp³-hybridized carbons (Fsp3) is 0.500. The Morgan fingerprint density at radius 2 is 2.11 bits per heavy atom. The van der Waals surface area contributed by atoms with Crippen LogP contribution in [0.1, 0.15) is 37.7 Å². The SMILES string of the molecule is COC(=O)N[C@]1(C)CC[C@@H](c2ccc(O)cc2)C1. The van der Waals surface area contributed by atoms with Gasteiger partial charge in [0, 0.05) is 5.54 Å². The van der Waals surface area contributed by atoms with Crippen molar-refractivity contribution in [1.29, 1.82) is 0 Å². The van der Waals surface area contributed by atoms with Crippen LogP contribution in [0.3, 0.4) is 0 Å². The van der Waals surface area contributed by atoms with Crippen LogP contribution in [0.4, 0.5) is 4.79 Å². The maximum absolute atomic E-state index is 11.3. The van der Waals surface area contributed by atoms with E-state index in [1.165, 1.54) is 12.7 Å². The Morgan fingerprint density at radius 3 is 2.72 bits per heavy atom. The molecule has 18 heavy (non-hydrogen) atoms. The third-order valence-electron chi connectivity index (χ3n) is 3.70. The van der Waals surface area contributed by atoms with E-state index in [0.717, 1.165) is 19.3 Å². The molecular formula is C14H19NO3. The second kappa shape index (κ2) is 4.88. The van der Waals surface area contributed by atoms with E-state index in [1.807, 2.05) is 19.1 Å². The van der Waals surface area contributed by atoms with E-state index in [0.29, 0.717) is 5.92 Å².